The molecule has 0 aromatic heterocycles. The molecule has 1 heterocycles. The van der Waals surface area contributed by atoms with Crippen LogP contribution in [0.5, 0.6) is 5.75 Å². The molecule has 0 saturated heterocycles. The number of carbonyl (C=O) groups excluding carboxylic acids is 2. The van der Waals surface area contributed by atoms with Gasteiger partial charge in [0.2, 0.25) is 11.6 Å². The lowest BCUT2D eigenvalue weighted by atomic mass is 9.83. The van der Waals surface area contributed by atoms with E-state index in [0.717, 1.165) is 5.56 Å². The standard InChI is InChI=1S/C19H14O4/c20-14-8-4-7-12-16(14)18(22)17(21)13-9-10-15(23-19(12)13)11-5-2-1-3-6-11/h1-8,15,20H,9-10H2. The zero-order chi connectivity index (χ0) is 16.0. The molecule has 0 bridgehead atoms. The first-order valence-electron chi connectivity index (χ1n) is 7.53. The second-order valence-electron chi connectivity index (χ2n) is 5.72. The van der Waals surface area contributed by atoms with E-state index in [9.17, 15) is 14.7 Å². The fourth-order valence-corrected chi connectivity index (χ4v) is 3.22. The molecule has 1 atom stereocenters. The fraction of sp³-hybridized carbons (Fsp3) is 0.158. The number of ketones is 2. The summed E-state index contributed by atoms with van der Waals surface area (Å²) in [6.07, 6.45) is 0.982. The van der Waals surface area contributed by atoms with E-state index in [0.29, 0.717) is 29.7 Å². The van der Waals surface area contributed by atoms with E-state index in [1.54, 1.807) is 12.1 Å². The Balaban J connectivity index is 1.82. The van der Waals surface area contributed by atoms with E-state index in [2.05, 4.69) is 0 Å². The van der Waals surface area contributed by atoms with E-state index in [1.165, 1.54) is 6.07 Å². The largest absolute Gasteiger partial charge is 0.507 e. The predicted molar refractivity (Wildman–Crippen MR) is 83.9 cm³/mol. The minimum atomic E-state index is -0.654. The van der Waals surface area contributed by atoms with E-state index >= 15 is 0 Å². The van der Waals surface area contributed by atoms with Gasteiger partial charge in [-0.1, -0.05) is 42.5 Å². The summed E-state index contributed by atoms with van der Waals surface area (Å²) in [4.78, 5) is 24.6. The number of ether oxygens (including phenoxy) is 1. The zero-order valence-corrected chi connectivity index (χ0v) is 12.3. The number of phenolic OH excluding ortho intramolecular Hbond substituents is 1. The highest BCUT2D eigenvalue weighted by atomic mass is 16.5. The molecule has 4 nitrogen and oxygen atoms in total. The van der Waals surface area contributed by atoms with Crippen LogP contribution in [0.2, 0.25) is 0 Å². The van der Waals surface area contributed by atoms with Crippen molar-refractivity contribution in [1.82, 2.24) is 0 Å². The Morgan fingerprint density at radius 1 is 0.957 bits per heavy atom. The van der Waals surface area contributed by atoms with Crippen molar-refractivity contribution in [2.24, 2.45) is 0 Å². The number of hydrogen-bond donors (Lipinski definition) is 1. The highest BCUT2D eigenvalue weighted by molar-refractivity contribution is 6.52. The lowest BCUT2D eigenvalue weighted by Gasteiger charge is -2.31. The molecule has 0 saturated carbocycles. The van der Waals surface area contributed by atoms with Crippen LogP contribution >= 0.6 is 0 Å². The minimum Gasteiger partial charge on any atom is -0.507 e. The average Bonchev–Trinajstić information content (AvgIpc) is 2.60. The van der Waals surface area contributed by atoms with Crippen LogP contribution in [-0.4, -0.2) is 16.7 Å². The molecule has 0 fully saturated rings. The highest BCUT2D eigenvalue weighted by Crippen LogP contribution is 2.43. The predicted octanol–water partition coefficient (Wildman–Crippen LogP) is 3.42. The number of Topliss-reactive ketones (excluding diaryl/α,β-unsaturated/α-hetero) is 2. The summed E-state index contributed by atoms with van der Waals surface area (Å²) in [5, 5.41) is 9.97. The Labute approximate surface area is 133 Å². The number of phenols is 1. The number of fused-ring (bicyclic) bond motifs is 2. The van der Waals surface area contributed by atoms with Crippen molar-refractivity contribution in [1.29, 1.82) is 0 Å². The van der Waals surface area contributed by atoms with Crippen molar-refractivity contribution in [2.75, 3.05) is 0 Å². The normalized spacial score (nSPS) is 19.9. The van der Waals surface area contributed by atoms with Gasteiger partial charge in [-0.15, -0.1) is 0 Å². The fourth-order valence-electron chi connectivity index (χ4n) is 3.22. The lowest BCUT2D eigenvalue weighted by Crippen LogP contribution is -2.28. The van der Waals surface area contributed by atoms with Gasteiger partial charge in [-0.3, -0.25) is 9.59 Å². The van der Waals surface area contributed by atoms with E-state index in [-0.39, 0.29) is 17.4 Å². The molecular formula is C19H14O4. The summed E-state index contributed by atoms with van der Waals surface area (Å²) >= 11 is 0. The summed E-state index contributed by atoms with van der Waals surface area (Å²) in [7, 11) is 0. The Hall–Kier alpha value is -2.88. The first kappa shape index (κ1) is 13.8. The van der Waals surface area contributed by atoms with Gasteiger partial charge >= 0.3 is 0 Å². The Morgan fingerprint density at radius 2 is 1.74 bits per heavy atom. The van der Waals surface area contributed by atoms with Gasteiger partial charge in [0.25, 0.3) is 0 Å². The number of benzene rings is 2. The second kappa shape index (κ2) is 5.09. The van der Waals surface area contributed by atoms with Crippen LogP contribution in [0, 0.1) is 0 Å². The van der Waals surface area contributed by atoms with Gasteiger partial charge in [-0.05, 0) is 24.5 Å². The Bertz CT molecular complexity index is 849. The van der Waals surface area contributed by atoms with E-state index in [1.807, 2.05) is 30.3 Å². The molecule has 1 unspecified atom stereocenters. The highest BCUT2D eigenvalue weighted by Gasteiger charge is 2.39. The Kier molecular flexibility index (Phi) is 3.05. The van der Waals surface area contributed by atoms with Gasteiger partial charge < -0.3 is 9.84 Å². The molecule has 4 heteroatoms. The number of allylic oxidation sites excluding steroid dienone is 1. The molecule has 0 spiro atoms. The minimum absolute atomic E-state index is 0.0463. The van der Waals surface area contributed by atoms with Gasteiger partial charge in [0.1, 0.15) is 17.6 Å². The number of rotatable bonds is 1. The third-order valence-corrected chi connectivity index (χ3v) is 4.36. The summed E-state index contributed by atoms with van der Waals surface area (Å²) in [6.45, 7) is 0. The van der Waals surface area contributed by atoms with E-state index < -0.39 is 11.6 Å². The maximum atomic E-state index is 12.3. The van der Waals surface area contributed by atoms with Crippen LogP contribution in [0.3, 0.4) is 0 Å². The Morgan fingerprint density at radius 3 is 2.52 bits per heavy atom. The van der Waals surface area contributed by atoms with Crippen molar-refractivity contribution in [3.05, 3.63) is 70.8 Å². The summed E-state index contributed by atoms with van der Waals surface area (Å²) < 4.78 is 6.07. The second-order valence-corrected chi connectivity index (χ2v) is 5.72. The smallest absolute Gasteiger partial charge is 0.237 e. The van der Waals surface area contributed by atoms with Crippen molar-refractivity contribution in [3.63, 3.8) is 0 Å². The monoisotopic (exact) mass is 306 g/mol. The SMILES string of the molecule is O=C1C(=O)c2c(O)cccc2C2=C1CCC(c1ccccc1)O2. The molecule has 0 radical (unpaired) electrons. The molecular weight excluding hydrogens is 292 g/mol. The molecule has 1 aliphatic heterocycles. The lowest BCUT2D eigenvalue weighted by molar-refractivity contribution is -0.112. The zero-order valence-electron chi connectivity index (χ0n) is 12.3. The van der Waals surface area contributed by atoms with E-state index in [4.69, 9.17) is 4.74 Å². The van der Waals surface area contributed by atoms with Crippen molar-refractivity contribution < 1.29 is 19.4 Å². The number of aromatic hydroxyl groups is 1. The van der Waals surface area contributed by atoms with Crippen molar-refractivity contribution in [3.8, 4) is 5.75 Å². The third kappa shape index (κ3) is 2.06. The maximum Gasteiger partial charge on any atom is 0.237 e. The van der Waals surface area contributed by atoms with Gasteiger partial charge in [-0.2, -0.15) is 0 Å². The topological polar surface area (TPSA) is 63.6 Å². The number of hydrogen-bond acceptors (Lipinski definition) is 4. The molecule has 2 aliphatic rings. The van der Waals surface area contributed by atoms with Gasteiger partial charge in [0.05, 0.1) is 5.56 Å². The van der Waals surface area contributed by atoms with Crippen LogP contribution in [-0.2, 0) is 9.53 Å². The summed E-state index contributed by atoms with van der Waals surface area (Å²) in [5.74, 6) is -0.974. The molecule has 4 rings (SSSR count). The maximum absolute atomic E-state index is 12.3. The van der Waals surface area contributed by atoms with Crippen molar-refractivity contribution >= 4 is 17.3 Å². The molecule has 1 aliphatic carbocycles. The first-order valence-corrected chi connectivity index (χ1v) is 7.53. The van der Waals surface area contributed by atoms with Crippen LogP contribution in [0.1, 0.15) is 40.4 Å². The molecule has 0 amide bonds. The quantitative estimate of drug-likeness (QED) is 0.820. The third-order valence-electron chi connectivity index (χ3n) is 4.36. The van der Waals surface area contributed by atoms with Gasteiger partial charge in [0, 0.05) is 11.1 Å². The summed E-state index contributed by atoms with van der Waals surface area (Å²) in [5.41, 5.74) is 2.00. The van der Waals surface area contributed by atoms with Crippen molar-refractivity contribution in [2.45, 2.75) is 18.9 Å². The molecule has 114 valence electrons. The van der Waals surface area contributed by atoms with Crippen LogP contribution in [0.15, 0.2) is 54.1 Å². The summed E-state index contributed by atoms with van der Waals surface area (Å²) in [6, 6.07) is 14.6. The molecule has 1 N–H and O–H groups in total. The molecule has 23 heavy (non-hydrogen) atoms. The average molecular weight is 306 g/mol. The van der Waals surface area contributed by atoms with Gasteiger partial charge in [-0.25, -0.2) is 0 Å². The molecule has 2 aromatic rings. The van der Waals surface area contributed by atoms with Crippen LogP contribution in [0.4, 0.5) is 0 Å². The first-order chi connectivity index (χ1) is 11.2. The molecule has 2 aromatic carbocycles. The van der Waals surface area contributed by atoms with Gasteiger partial charge in [0.15, 0.2) is 0 Å². The van der Waals surface area contributed by atoms with Crippen LogP contribution in [0.25, 0.3) is 5.76 Å². The van der Waals surface area contributed by atoms with Crippen LogP contribution < -0.4 is 0 Å². The number of carbonyl (C=O) groups is 2.